The van der Waals surface area contributed by atoms with Gasteiger partial charge in [-0.15, -0.1) is 11.3 Å². The Balaban J connectivity index is 0.000000166. The summed E-state index contributed by atoms with van der Waals surface area (Å²) in [4.78, 5) is 2.80. The molecule has 0 radical (unpaired) electrons. The molecule has 0 aliphatic heterocycles. The third kappa shape index (κ3) is 12.0. The van der Waals surface area contributed by atoms with Crippen LogP contribution in [0.15, 0.2) is 133 Å². The Morgan fingerprint density at radius 2 is 0.773 bits per heavy atom. The first-order valence-corrected chi connectivity index (χ1v) is 16.0. The van der Waals surface area contributed by atoms with Gasteiger partial charge in [0.05, 0.1) is 0 Å². The zero-order valence-corrected chi connectivity index (χ0v) is 28.2. The summed E-state index contributed by atoms with van der Waals surface area (Å²) in [6, 6.07) is 44.5. The summed E-state index contributed by atoms with van der Waals surface area (Å²) >= 11 is 1.84. The predicted molar refractivity (Wildman–Crippen MR) is 200 cm³/mol. The van der Waals surface area contributed by atoms with Crippen LogP contribution in [0, 0.1) is 41.5 Å². The van der Waals surface area contributed by atoms with E-state index in [9.17, 15) is 0 Å². The van der Waals surface area contributed by atoms with Crippen molar-refractivity contribution >= 4 is 40.3 Å². The number of rotatable bonds is 3. The maximum Gasteiger partial charge on any atom is 0.00170 e. The molecule has 0 nitrogen and oxygen atoms in total. The number of hydrogen-bond donors (Lipinski definition) is 0. The predicted octanol–water partition coefficient (Wildman–Crippen LogP) is 13.0. The first-order valence-electron chi connectivity index (χ1n) is 15.2. The molecule has 0 bridgehead atoms. The van der Waals surface area contributed by atoms with Crippen molar-refractivity contribution in [1.82, 2.24) is 0 Å². The number of hydrogen-bond acceptors (Lipinski definition) is 1. The molecule has 0 atom stereocenters. The third-order valence-electron chi connectivity index (χ3n) is 7.02. The number of aryl methyl sites for hydroxylation is 6. The van der Waals surface area contributed by atoms with Crippen LogP contribution in [-0.2, 0) is 0 Å². The average Bonchev–Trinajstić information content (AvgIpc) is 3.43. The van der Waals surface area contributed by atoms with E-state index in [1.165, 1.54) is 59.5 Å². The molecule has 6 rings (SSSR count). The topological polar surface area (TPSA) is 0 Å². The lowest BCUT2D eigenvalue weighted by atomic mass is 10.0. The molecule has 0 fully saturated rings. The SMILES string of the molecule is C/C=C/c1ccc(C)cc1.Cc1ccc(/C=C/c2ccccc2)cc1.Cc1ccc(C)c2ccccc12.Cc1ccc(C)s1. The highest BCUT2D eigenvalue weighted by molar-refractivity contribution is 7.11. The van der Waals surface area contributed by atoms with Crippen LogP contribution in [0.4, 0.5) is 0 Å². The van der Waals surface area contributed by atoms with Gasteiger partial charge in [-0.05, 0) is 99.2 Å². The number of fused-ring (bicyclic) bond motifs is 1. The summed E-state index contributed by atoms with van der Waals surface area (Å²) in [5, 5.41) is 2.75. The van der Waals surface area contributed by atoms with Crippen molar-refractivity contribution in [1.29, 1.82) is 0 Å². The second-order valence-electron chi connectivity index (χ2n) is 11.0. The zero-order valence-electron chi connectivity index (χ0n) is 27.3. The first kappa shape index (κ1) is 34.0. The van der Waals surface area contributed by atoms with Gasteiger partial charge >= 0.3 is 0 Å². The highest BCUT2D eigenvalue weighted by atomic mass is 32.1. The smallest absolute Gasteiger partial charge is 0.00170 e. The van der Waals surface area contributed by atoms with Crippen LogP contribution in [-0.4, -0.2) is 0 Å². The van der Waals surface area contributed by atoms with E-state index in [0.29, 0.717) is 0 Å². The van der Waals surface area contributed by atoms with E-state index >= 15 is 0 Å². The van der Waals surface area contributed by atoms with Crippen LogP contribution >= 0.6 is 11.3 Å². The summed E-state index contributed by atoms with van der Waals surface area (Å²) in [5.41, 5.74) is 9.07. The van der Waals surface area contributed by atoms with Gasteiger partial charge in [-0.2, -0.15) is 0 Å². The summed E-state index contributed by atoms with van der Waals surface area (Å²) in [6.07, 6.45) is 8.41. The number of thiophene rings is 1. The Bertz CT molecular complexity index is 1670. The summed E-state index contributed by atoms with van der Waals surface area (Å²) in [6.45, 7) is 14.8. The van der Waals surface area contributed by atoms with Crippen molar-refractivity contribution in [3.05, 3.63) is 182 Å². The van der Waals surface area contributed by atoms with Crippen LogP contribution in [0.25, 0.3) is 29.0 Å². The molecule has 1 aromatic heterocycles. The Kier molecular flexibility index (Phi) is 14.1. The van der Waals surface area contributed by atoms with Gasteiger partial charge in [0.1, 0.15) is 0 Å². The van der Waals surface area contributed by atoms with Crippen molar-refractivity contribution in [2.75, 3.05) is 0 Å². The number of benzene rings is 5. The summed E-state index contributed by atoms with van der Waals surface area (Å²) < 4.78 is 0. The van der Waals surface area contributed by atoms with E-state index in [0.717, 1.165) is 0 Å². The molecule has 0 aliphatic rings. The Labute approximate surface area is 270 Å². The molecule has 0 unspecified atom stereocenters. The van der Waals surface area contributed by atoms with Gasteiger partial charge < -0.3 is 0 Å². The molecule has 224 valence electrons. The van der Waals surface area contributed by atoms with Crippen LogP contribution < -0.4 is 0 Å². The Morgan fingerprint density at radius 1 is 0.386 bits per heavy atom. The molecule has 0 N–H and O–H groups in total. The minimum absolute atomic E-state index is 1.23. The molecule has 6 aromatic rings. The standard InChI is InChI=1S/C15H14.C12H12.C10H12.C6H8S/c1-13-7-9-15(10-8-13)12-11-14-5-3-2-4-6-14;1-9-7-8-10(2)12-6-4-3-5-11(9)12;1-3-4-10-7-5-9(2)6-8-10;1-5-3-4-6(2)7-5/h2-12H,1H3;3-8H,1-2H3;3-8H,1-2H3;3-4H,1-2H3/b12-11+;;4-3+;. The van der Waals surface area contributed by atoms with E-state index in [4.69, 9.17) is 0 Å². The zero-order chi connectivity index (χ0) is 31.7. The van der Waals surface area contributed by atoms with Crippen molar-refractivity contribution in [2.24, 2.45) is 0 Å². The van der Waals surface area contributed by atoms with Gasteiger partial charge in [0.15, 0.2) is 0 Å². The van der Waals surface area contributed by atoms with Crippen molar-refractivity contribution in [3.63, 3.8) is 0 Å². The molecule has 0 saturated heterocycles. The second kappa shape index (κ2) is 18.3. The minimum atomic E-state index is 1.23. The molecule has 0 spiro atoms. The van der Waals surface area contributed by atoms with Crippen LogP contribution in [0.3, 0.4) is 0 Å². The van der Waals surface area contributed by atoms with E-state index in [-0.39, 0.29) is 0 Å². The van der Waals surface area contributed by atoms with Gasteiger partial charge in [0, 0.05) is 9.75 Å². The van der Waals surface area contributed by atoms with Gasteiger partial charge in [0.25, 0.3) is 0 Å². The Morgan fingerprint density at radius 3 is 1.16 bits per heavy atom. The highest BCUT2D eigenvalue weighted by Crippen LogP contribution is 2.21. The maximum atomic E-state index is 2.18. The summed E-state index contributed by atoms with van der Waals surface area (Å²) in [7, 11) is 0. The highest BCUT2D eigenvalue weighted by Gasteiger charge is 1.97. The fraction of sp³-hybridized carbons (Fsp3) is 0.163. The number of allylic oxidation sites excluding steroid dienone is 1. The molecule has 5 aromatic carbocycles. The van der Waals surface area contributed by atoms with Crippen LogP contribution in [0.2, 0.25) is 0 Å². The average molecular weight is 595 g/mol. The maximum absolute atomic E-state index is 2.18. The lowest BCUT2D eigenvalue weighted by Crippen LogP contribution is -1.80. The molecule has 1 heterocycles. The largest absolute Gasteiger partial charge is 0.146 e. The molecule has 0 aliphatic carbocycles. The molecule has 0 saturated carbocycles. The van der Waals surface area contributed by atoms with Crippen molar-refractivity contribution < 1.29 is 0 Å². The second-order valence-corrected chi connectivity index (χ2v) is 12.5. The van der Waals surface area contributed by atoms with Crippen molar-refractivity contribution in [2.45, 2.75) is 48.5 Å². The Hall–Kier alpha value is -4.46. The van der Waals surface area contributed by atoms with Crippen molar-refractivity contribution in [3.8, 4) is 0 Å². The lowest BCUT2D eigenvalue weighted by molar-refractivity contribution is 1.46. The fourth-order valence-corrected chi connectivity index (χ4v) is 5.24. The van der Waals surface area contributed by atoms with Gasteiger partial charge in [0.2, 0.25) is 0 Å². The third-order valence-corrected chi connectivity index (χ3v) is 7.93. The normalized spacial score (nSPS) is 10.4. The molecule has 1 heteroatoms. The van der Waals surface area contributed by atoms with E-state index in [1.54, 1.807) is 0 Å². The van der Waals surface area contributed by atoms with Gasteiger partial charge in [-0.25, -0.2) is 0 Å². The minimum Gasteiger partial charge on any atom is -0.146 e. The van der Waals surface area contributed by atoms with Gasteiger partial charge in [-0.3, -0.25) is 0 Å². The van der Waals surface area contributed by atoms with Gasteiger partial charge in [-0.1, -0.05) is 151 Å². The molecular weight excluding hydrogens is 549 g/mol. The first-order chi connectivity index (χ1) is 21.2. The van der Waals surface area contributed by atoms with E-state index in [2.05, 4.69) is 181 Å². The van der Waals surface area contributed by atoms with Crippen LogP contribution in [0.1, 0.15) is 55.6 Å². The molecular formula is C43H46S. The van der Waals surface area contributed by atoms with Crippen LogP contribution in [0.5, 0.6) is 0 Å². The van der Waals surface area contributed by atoms with E-state index in [1.807, 2.05) is 30.4 Å². The van der Waals surface area contributed by atoms with E-state index < -0.39 is 0 Å². The lowest BCUT2D eigenvalue weighted by Gasteiger charge is -2.03. The monoisotopic (exact) mass is 594 g/mol. The molecule has 44 heavy (non-hydrogen) atoms. The summed E-state index contributed by atoms with van der Waals surface area (Å²) in [5.74, 6) is 0. The quantitative estimate of drug-likeness (QED) is 0.179. The molecule has 0 amide bonds. The fourth-order valence-electron chi connectivity index (χ4n) is 4.46.